The summed E-state index contributed by atoms with van der Waals surface area (Å²) >= 11 is 0. The molecule has 0 spiro atoms. The van der Waals surface area contributed by atoms with Crippen molar-refractivity contribution in [3.05, 3.63) is 11.7 Å². The molecule has 1 N–H and O–H groups in total. The van der Waals surface area contributed by atoms with Gasteiger partial charge in [-0.15, -0.1) is 0 Å². The largest absolute Gasteiger partial charge is 0.338 e. The van der Waals surface area contributed by atoms with E-state index in [4.69, 9.17) is 4.52 Å². The van der Waals surface area contributed by atoms with E-state index in [-0.39, 0.29) is 0 Å². The maximum Gasteiger partial charge on any atom is 0.240 e. The summed E-state index contributed by atoms with van der Waals surface area (Å²) in [5.41, 5.74) is 0. The van der Waals surface area contributed by atoms with Gasteiger partial charge in [-0.05, 0) is 43.4 Å². The molecule has 112 valence electrons. The van der Waals surface area contributed by atoms with E-state index in [0.29, 0.717) is 12.0 Å². The van der Waals surface area contributed by atoms with Gasteiger partial charge < -0.3 is 9.84 Å². The van der Waals surface area contributed by atoms with E-state index in [1.165, 1.54) is 32.1 Å². The summed E-state index contributed by atoms with van der Waals surface area (Å²) in [6, 6.07) is 0.593. The number of aromatic nitrogens is 2. The van der Waals surface area contributed by atoms with Gasteiger partial charge in [0.25, 0.3) is 0 Å². The maximum atomic E-state index is 5.36. The molecule has 0 saturated heterocycles. The van der Waals surface area contributed by atoms with Gasteiger partial charge in [-0.1, -0.05) is 32.3 Å². The average Bonchev–Trinajstić information content (AvgIpc) is 3.15. The molecule has 0 bridgehead atoms. The molecule has 1 aromatic heterocycles. The third-order valence-corrected chi connectivity index (χ3v) is 4.96. The van der Waals surface area contributed by atoms with Crippen molar-refractivity contribution in [1.29, 1.82) is 0 Å². The molecule has 20 heavy (non-hydrogen) atoms. The second-order valence-corrected chi connectivity index (χ2v) is 7.13. The van der Waals surface area contributed by atoms with E-state index in [1.54, 1.807) is 0 Å². The van der Waals surface area contributed by atoms with Crippen LogP contribution in [0.4, 0.5) is 0 Å². The van der Waals surface area contributed by atoms with Crippen LogP contribution >= 0.6 is 0 Å². The quantitative estimate of drug-likeness (QED) is 0.895. The van der Waals surface area contributed by atoms with Crippen molar-refractivity contribution in [3.8, 4) is 0 Å². The van der Waals surface area contributed by atoms with Gasteiger partial charge in [-0.3, -0.25) is 0 Å². The van der Waals surface area contributed by atoms with Crippen LogP contribution in [0, 0.1) is 17.8 Å². The minimum atomic E-state index is 0.575. The molecule has 1 aromatic rings. The van der Waals surface area contributed by atoms with Gasteiger partial charge in [-0.25, -0.2) is 0 Å². The summed E-state index contributed by atoms with van der Waals surface area (Å²) in [5.74, 6) is 4.59. The molecule has 0 amide bonds. The van der Waals surface area contributed by atoms with E-state index in [1.807, 2.05) is 0 Å². The maximum absolute atomic E-state index is 5.36. The third kappa shape index (κ3) is 3.22. The fourth-order valence-corrected chi connectivity index (χ4v) is 3.50. The molecule has 0 unspecified atom stereocenters. The van der Waals surface area contributed by atoms with Crippen LogP contribution in [0.25, 0.3) is 0 Å². The first kappa shape index (κ1) is 14.1. The van der Waals surface area contributed by atoms with Gasteiger partial charge in [0.15, 0.2) is 5.82 Å². The van der Waals surface area contributed by atoms with E-state index < -0.39 is 0 Å². The Balaban J connectivity index is 1.56. The average molecular weight is 277 g/mol. The van der Waals surface area contributed by atoms with E-state index in [0.717, 1.165) is 36.0 Å². The summed E-state index contributed by atoms with van der Waals surface area (Å²) in [6.07, 6.45) is 6.43. The van der Waals surface area contributed by atoms with Crippen LogP contribution in [0.3, 0.4) is 0 Å². The first-order chi connectivity index (χ1) is 9.63. The fraction of sp³-hybridized carbons (Fsp3) is 0.875. The molecule has 3 atom stereocenters. The monoisotopic (exact) mass is 277 g/mol. The number of hydrogen-bond acceptors (Lipinski definition) is 4. The Morgan fingerprint density at radius 1 is 1.25 bits per heavy atom. The highest BCUT2D eigenvalue weighted by Gasteiger charge is 2.31. The van der Waals surface area contributed by atoms with Crippen LogP contribution in [-0.4, -0.2) is 16.2 Å². The van der Waals surface area contributed by atoms with Crippen molar-refractivity contribution < 1.29 is 4.52 Å². The molecule has 2 aliphatic rings. The van der Waals surface area contributed by atoms with Crippen LogP contribution in [0.15, 0.2) is 4.52 Å². The Hall–Kier alpha value is -0.900. The Bertz CT molecular complexity index is 439. The Morgan fingerprint density at radius 2 is 2.05 bits per heavy atom. The lowest BCUT2D eigenvalue weighted by molar-refractivity contribution is 0.165. The Labute approximate surface area is 121 Å². The molecule has 0 radical (unpaired) electrons. The summed E-state index contributed by atoms with van der Waals surface area (Å²) < 4.78 is 5.36. The third-order valence-electron chi connectivity index (χ3n) is 4.96. The smallest absolute Gasteiger partial charge is 0.240 e. The zero-order valence-corrected chi connectivity index (χ0v) is 12.9. The SMILES string of the molecule is CC(C)[C@H]1CC[C@@H](C)C[C@@H]1NCc1nc(C2CC2)no1. The van der Waals surface area contributed by atoms with Crippen molar-refractivity contribution in [2.45, 2.75) is 71.4 Å². The molecular weight excluding hydrogens is 250 g/mol. The lowest BCUT2D eigenvalue weighted by atomic mass is 9.74. The standard InChI is InChI=1S/C16H27N3O/c1-10(2)13-7-4-11(3)8-14(13)17-9-15-18-16(19-20-15)12-5-6-12/h10-14,17H,4-9H2,1-3H3/t11-,13-,14+/m1/s1. The van der Waals surface area contributed by atoms with Crippen LogP contribution in [-0.2, 0) is 6.54 Å². The Kier molecular flexibility index (Phi) is 4.11. The highest BCUT2D eigenvalue weighted by Crippen LogP contribution is 2.38. The van der Waals surface area contributed by atoms with Gasteiger partial charge in [0, 0.05) is 12.0 Å². The van der Waals surface area contributed by atoms with Gasteiger partial charge >= 0.3 is 0 Å². The lowest BCUT2D eigenvalue weighted by Gasteiger charge is -2.37. The van der Waals surface area contributed by atoms with Crippen molar-refractivity contribution in [3.63, 3.8) is 0 Å². The first-order valence-corrected chi connectivity index (χ1v) is 8.19. The van der Waals surface area contributed by atoms with E-state index in [2.05, 4.69) is 36.2 Å². The van der Waals surface area contributed by atoms with Crippen molar-refractivity contribution in [2.24, 2.45) is 17.8 Å². The summed E-state index contributed by atoms with van der Waals surface area (Å²) in [4.78, 5) is 4.51. The minimum absolute atomic E-state index is 0.575. The van der Waals surface area contributed by atoms with E-state index in [9.17, 15) is 0 Å². The number of hydrogen-bond donors (Lipinski definition) is 1. The van der Waals surface area contributed by atoms with Crippen LogP contribution in [0.2, 0.25) is 0 Å². The number of rotatable bonds is 5. The van der Waals surface area contributed by atoms with Crippen molar-refractivity contribution in [2.75, 3.05) is 0 Å². The predicted molar refractivity (Wildman–Crippen MR) is 78.2 cm³/mol. The molecule has 2 saturated carbocycles. The molecule has 4 nitrogen and oxygen atoms in total. The van der Waals surface area contributed by atoms with Gasteiger partial charge in [0.1, 0.15) is 0 Å². The van der Waals surface area contributed by atoms with Crippen molar-refractivity contribution >= 4 is 0 Å². The lowest BCUT2D eigenvalue weighted by Crippen LogP contribution is -2.42. The number of nitrogens with zero attached hydrogens (tertiary/aromatic N) is 2. The zero-order valence-electron chi connectivity index (χ0n) is 12.9. The zero-order chi connectivity index (χ0) is 14.1. The summed E-state index contributed by atoms with van der Waals surface area (Å²) in [6.45, 7) is 7.77. The van der Waals surface area contributed by atoms with Gasteiger partial charge in [0.05, 0.1) is 6.54 Å². The molecule has 0 aromatic carbocycles. The predicted octanol–water partition coefficient (Wildman–Crippen LogP) is 3.50. The highest BCUT2D eigenvalue weighted by molar-refractivity contribution is 5.03. The van der Waals surface area contributed by atoms with Gasteiger partial charge in [-0.2, -0.15) is 4.98 Å². The molecule has 4 heteroatoms. The molecule has 3 rings (SSSR count). The topological polar surface area (TPSA) is 51.0 Å². The first-order valence-electron chi connectivity index (χ1n) is 8.19. The molecule has 0 aliphatic heterocycles. The highest BCUT2D eigenvalue weighted by atomic mass is 16.5. The molecular formula is C16H27N3O. The van der Waals surface area contributed by atoms with Crippen LogP contribution in [0.1, 0.15) is 70.5 Å². The fourth-order valence-electron chi connectivity index (χ4n) is 3.50. The minimum Gasteiger partial charge on any atom is -0.338 e. The molecule has 2 fully saturated rings. The van der Waals surface area contributed by atoms with E-state index >= 15 is 0 Å². The molecule has 2 aliphatic carbocycles. The van der Waals surface area contributed by atoms with Crippen molar-refractivity contribution in [1.82, 2.24) is 15.5 Å². The van der Waals surface area contributed by atoms with Gasteiger partial charge in [0.2, 0.25) is 5.89 Å². The Morgan fingerprint density at radius 3 is 2.75 bits per heavy atom. The molecule has 1 heterocycles. The number of nitrogens with one attached hydrogen (secondary N) is 1. The summed E-state index contributed by atoms with van der Waals surface area (Å²) in [7, 11) is 0. The normalized spacial score (nSPS) is 30.9. The second kappa shape index (κ2) is 5.84. The summed E-state index contributed by atoms with van der Waals surface area (Å²) in [5, 5.41) is 7.76. The second-order valence-electron chi connectivity index (χ2n) is 7.13. The van der Waals surface area contributed by atoms with Crippen LogP contribution < -0.4 is 5.32 Å². The van der Waals surface area contributed by atoms with Crippen LogP contribution in [0.5, 0.6) is 0 Å².